The molecule has 3 nitrogen and oxygen atoms in total. The lowest BCUT2D eigenvalue weighted by atomic mass is 10.2. The minimum atomic E-state index is 0.547. The van der Waals surface area contributed by atoms with Crippen LogP contribution in [0, 0.1) is 12.8 Å². The van der Waals surface area contributed by atoms with Crippen LogP contribution in [0.1, 0.15) is 19.4 Å². The highest BCUT2D eigenvalue weighted by Gasteiger charge is 1.98. The highest BCUT2D eigenvalue weighted by atomic mass is 16.5. The summed E-state index contributed by atoms with van der Waals surface area (Å²) >= 11 is 0. The van der Waals surface area contributed by atoms with Crippen LogP contribution in [-0.2, 0) is 0 Å². The fraction of sp³-hybridized carbons (Fsp3) is 0.368. The first-order chi connectivity index (χ1) is 10.6. The molecule has 22 heavy (non-hydrogen) atoms. The molecule has 2 aromatic rings. The van der Waals surface area contributed by atoms with E-state index in [0.717, 1.165) is 36.8 Å². The maximum Gasteiger partial charge on any atom is 0.119 e. The van der Waals surface area contributed by atoms with Gasteiger partial charge < -0.3 is 15.4 Å². The van der Waals surface area contributed by atoms with E-state index < -0.39 is 0 Å². The van der Waals surface area contributed by atoms with Crippen molar-refractivity contribution in [2.75, 3.05) is 30.3 Å². The summed E-state index contributed by atoms with van der Waals surface area (Å²) in [6, 6.07) is 16.6. The quantitative estimate of drug-likeness (QED) is 0.701. The third kappa shape index (κ3) is 5.68. The summed E-state index contributed by atoms with van der Waals surface area (Å²) in [4.78, 5) is 0. The molecule has 0 aliphatic heterocycles. The molecule has 0 atom stereocenters. The topological polar surface area (TPSA) is 33.3 Å². The van der Waals surface area contributed by atoms with Gasteiger partial charge in [-0.1, -0.05) is 31.5 Å². The molecule has 118 valence electrons. The van der Waals surface area contributed by atoms with Gasteiger partial charge in [-0.05, 0) is 49.2 Å². The first kappa shape index (κ1) is 16.2. The molecule has 0 amide bonds. The molecule has 0 saturated heterocycles. The summed E-state index contributed by atoms with van der Waals surface area (Å²) in [6.45, 7) is 8.91. The normalized spacial score (nSPS) is 10.5. The van der Waals surface area contributed by atoms with Gasteiger partial charge in [0.1, 0.15) is 5.75 Å². The van der Waals surface area contributed by atoms with Gasteiger partial charge in [0.05, 0.1) is 6.61 Å². The molecule has 2 aromatic carbocycles. The number of nitrogens with one attached hydrogen (secondary N) is 2. The molecule has 2 N–H and O–H groups in total. The molecule has 0 aliphatic rings. The highest BCUT2D eigenvalue weighted by Crippen LogP contribution is 2.16. The Balaban J connectivity index is 1.69. The van der Waals surface area contributed by atoms with Crippen molar-refractivity contribution < 1.29 is 4.74 Å². The van der Waals surface area contributed by atoms with Gasteiger partial charge in [-0.15, -0.1) is 0 Å². The lowest BCUT2D eigenvalue weighted by Gasteiger charge is -2.11. The Bertz CT molecular complexity index is 547. The number of aryl methyl sites for hydroxylation is 1. The van der Waals surface area contributed by atoms with Crippen molar-refractivity contribution in [3.8, 4) is 5.75 Å². The van der Waals surface area contributed by atoms with Crippen molar-refractivity contribution >= 4 is 11.4 Å². The number of hydrogen-bond acceptors (Lipinski definition) is 3. The molecule has 3 heteroatoms. The minimum Gasteiger partial charge on any atom is -0.493 e. The number of rotatable bonds is 8. The monoisotopic (exact) mass is 298 g/mol. The van der Waals surface area contributed by atoms with Crippen molar-refractivity contribution in [2.24, 2.45) is 5.92 Å². The minimum absolute atomic E-state index is 0.547. The van der Waals surface area contributed by atoms with Gasteiger partial charge in [0, 0.05) is 24.5 Å². The van der Waals surface area contributed by atoms with Gasteiger partial charge >= 0.3 is 0 Å². The molecule has 0 aromatic heterocycles. The van der Waals surface area contributed by atoms with E-state index in [2.05, 4.69) is 67.8 Å². The van der Waals surface area contributed by atoms with E-state index in [1.54, 1.807) is 0 Å². The molecule has 0 saturated carbocycles. The van der Waals surface area contributed by atoms with Crippen LogP contribution in [0.15, 0.2) is 48.5 Å². The Morgan fingerprint density at radius 1 is 0.818 bits per heavy atom. The Morgan fingerprint density at radius 3 is 1.82 bits per heavy atom. The maximum absolute atomic E-state index is 5.68. The van der Waals surface area contributed by atoms with Crippen LogP contribution in [0.3, 0.4) is 0 Å². The number of ether oxygens (including phenoxy) is 1. The average molecular weight is 298 g/mol. The molecule has 0 aliphatic carbocycles. The third-order valence-electron chi connectivity index (χ3n) is 3.27. The maximum atomic E-state index is 5.68. The van der Waals surface area contributed by atoms with Crippen molar-refractivity contribution in [3.63, 3.8) is 0 Å². The molecular formula is C19H26N2O. The van der Waals surface area contributed by atoms with Crippen molar-refractivity contribution in [1.82, 2.24) is 0 Å². The Labute approximate surface area is 133 Å². The summed E-state index contributed by atoms with van der Waals surface area (Å²) in [5.74, 6) is 1.47. The highest BCUT2D eigenvalue weighted by molar-refractivity contribution is 5.47. The molecule has 0 spiro atoms. The van der Waals surface area contributed by atoms with Crippen LogP contribution in [0.5, 0.6) is 5.75 Å². The van der Waals surface area contributed by atoms with E-state index in [1.807, 2.05) is 12.1 Å². The standard InChI is InChI=1S/C19H26N2O/c1-15(2)14-22-19-10-8-18(9-11-19)21-13-12-20-17-6-4-16(3)5-7-17/h4-11,15,20-21H,12-14H2,1-3H3. The lowest BCUT2D eigenvalue weighted by molar-refractivity contribution is 0.271. The third-order valence-corrected chi connectivity index (χ3v) is 3.27. The summed E-state index contributed by atoms with van der Waals surface area (Å²) in [7, 11) is 0. The Kier molecular flexibility index (Phi) is 6.13. The summed E-state index contributed by atoms with van der Waals surface area (Å²) < 4.78 is 5.68. The zero-order valence-corrected chi connectivity index (χ0v) is 13.7. The lowest BCUT2D eigenvalue weighted by Crippen LogP contribution is -2.13. The van der Waals surface area contributed by atoms with Crippen LogP contribution < -0.4 is 15.4 Å². The van der Waals surface area contributed by atoms with E-state index >= 15 is 0 Å². The molecule has 2 rings (SSSR count). The second-order valence-electron chi connectivity index (χ2n) is 5.95. The van der Waals surface area contributed by atoms with Crippen molar-refractivity contribution in [1.29, 1.82) is 0 Å². The predicted octanol–water partition coefficient (Wildman–Crippen LogP) is 4.55. The van der Waals surface area contributed by atoms with Crippen molar-refractivity contribution in [3.05, 3.63) is 54.1 Å². The Morgan fingerprint density at radius 2 is 1.32 bits per heavy atom. The molecule has 0 heterocycles. The number of hydrogen-bond donors (Lipinski definition) is 2. The van der Waals surface area contributed by atoms with Crippen molar-refractivity contribution in [2.45, 2.75) is 20.8 Å². The fourth-order valence-electron chi connectivity index (χ4n) is 2.02. The largest absolute Gasteiger partial charge is 0.493 e. The zero-order valence-electron chi connectivity index (χ0n) is 13.7. The van der Waals surface area contributed by atoms with E-state index in [-0.39, 0.29) is 0 Å². The first-order valence-corrected chi connectivity index (χ1v) is 7.91. The average Bonchev–Trinajstić information content (AvgIpc) is 2.52. The van der Waals surface area contributed by atoms with Gasteiger partial charge in [-0.2, -0.15) is 0 Å². The van der Waals surface area contributed by atoms with E-state index in [1.165, 1.54) is 5.56 Å². The van der Waals surface area contributed by atoms with Gasteiger partial charge in [0.15, 0.2) is 0 Å². The summed E-state index contributed by atoms with van der Waals surface area (Å²) in [5, 5.41) is 6.80. The second-order valence-corrected chi connectivity index (χ2v) is 5.95. The van der Waals surface area contributed by atoms with Crippen LogP contribution in [-0.4, -0.2) is 19.7 Å². The smallest absolute Gasteiger partial charge is 0.119 e. The molecule has 0 bridgehead atoms. The van der Waals surface area contributed by atoms with Gasteiger partial charge in [0.2, 0.25) is 0 Å². The van der Waals surface area contributed by atoms with E-state index in [9.17, 15) is 0 Å². The van der Waals surface area contributed by atoms with Gasteiger partial charge in [-0.25, -0.2) is 0 Å². The second kappa shape index (κ2) is 8.32. The molecule has 0 fully saturated rings. The first-order valence-electron chi connectivity index (χ1n) is 7.91. The van der Waals surface area contributed by atoms with Crippen LogP contribution >= 0.6 is 0 Å². The molecular weight excluding hydrogens is 272 g/mol. The van der Waals surface area contributed by atoms with Crippen LogP contribution in [0.2, 0.25) is 0 Å². The van der Waals surface area contributed by atoms with Gasteiger partial charge in [0.25, 0.3) is 0 Å². The van der Waals surface area contributed by atoms with E-state index in [0.29, 0.717) is 5.92 Å². The SMILES string of the molecule is Cc1ccc(NCCNc2ccc(OCC(C)C)cc2)cc1. The summed E-state index contributed by atoms with van der Waals surface area (Å²) in [5.41, 5.74) is 3.55. The predicted molar refractivity (Wildman–Crippen MR) is 94.9 cm³/mol. The number of anilines is 2. The van der Waals surface area contributed by atoms with Crippen LogP contribution in [0.25, 0.3) is 0 Å². The van der Waals surface area contributed by atoms with E-state index in [4.69, 9.17) is 4.74 Å². The summed E-state index contributed by atoms with van der Waals surface area (Å²) in [6.07, 6.45) is 0. The Hall–Kier alpha value is -2.16. The fourth-order valence-corrected chi connectivity index (χ4v) is 2.02. The van der Waals surface area contributed by atoms with Gasteiger partial charge in [-0.3, -0.25) is 0 Å². The van der Waals surface area contributed by atoms with Crippen LogP contribution in [0.4, 0.5) is 11.4 Å². The molecule has 0 unspecified atom stereocenters. The zero-order chi connectivity index (χ0) is 15.8. The molecule has 0 radical (unpaired) electrons. The number of benzene rings is 2.